The van der Waals surface area contributed by atoms with Gasteiger partial charge in [0.05, 0.1) is 0 Å². The summed E-state index contributed by atoms with van der Waals surface area (Å²) < 4.78 is 2.06. The monoisotopic (exact) mass is 208 g/mol. The molecule has 0 aliphatic carbocycles. The number of aryl methyl sites for hydroxylation is 2. The van der Waals surface area contributed by atoms with Crippen molar-refractivity contribution in [2.75, 3.05) is 6.54 Å². The maximum absolute atomic E-state index is 11.8. The third-order valence-corrected chi connectivity index (χ3v) is 2.64. The van der Waals surface area contributed by atoms with Crippen LogP contribution in [0.3, 0.4) is 0 Å². The minimum Gasteiger partial charge on any atom is -0.354 e. The highest BCUT2D eigenvalue weighted by Crippen LogP contribution is 2.15. The van der Waals surface area contributed by atoms with E-state index in [-0.39, 0.29) is 11.9 Å². The van der Waals surface area contributed by atoms with Crippen LogP contribution in [0.2, 0.25) is 0 Å². The number of rotatable bonds is 4. The van der Waals surface area contributed by atoms with Gasteiger partial charge in [-0.3, -0.25) is 4.79 Å². The Hall–Kier alpha value is -1.25. The fourth-order valence-electron chi connectivity index (χ4n) is 1.80. The largest absolute Gasteiger partial charge is 0.354 e. The first-order valence-corrected chi connectivity index (χ1v) is 5.50. The molecule has 0 radical (unpaired) electrons. The maximum Gasteiger partial charge on any atom is 0.242 e. The van der Waals surface area contributed by atoms with Crippen molar-refractivity contribution in [3.63, 3.8) is 0 Å². The molecule has 1 aromatic rings. The van der Waals surface area contributed by atoms with E-state index in [0.29, 0.717) is 0 Å². The molecule has 0 saturated carbocycles. The Morgan fingerprint density at radius 3 is 2.40 bits per heavy atom. The number of hydrogen-bond acceptors (Lipinski definition) is 1. The number of hydrogen-bond donors (Lipinski definition) is 1. The summed E-state index contributed by atoms with van der Waals surface area (Å²) in [5.74, 6) is 0.0965. The third kappa shape index (κ3) is 2.61. The number of aromatic nitrogens is 1. The van der Waals surface area contributed by atoms with Crippen LogP contribution in [0.4, 0.5) is 0 Å². The summed E-state index contributed by atoms with van der Waals surface area (Å²) in [4.78, 5) is 11.8. The quantitative estimate of drug-likeness (QED) is 0.808. The number of carbonyl (C=O) groups excluding carboxylic acids is 1. The second kappa shape index (κ2) is 5.01. The van der Waals surface area contributed by atoms with Crippen LogP contribution in [0.15, 0.2) is 12.1 Å². The lowest BCUT2D eigenvalue weighted by molar-refractivity contribution is -0.123. The van der Waals surface area contributed by atoms with E-state index in [1.54, 1.807) is 0 Å². The van der Waals surface area contributed by atoms with Crippen molar-refractivity contribution in [3.05, 3.63) is 23.5 Å². The molecular formula is C12H20N2O. The predicted molar refractivity (Wildman–Crippen MR) is 61.9 cm³/mol. The van der Waals surface area contributed by atoms with E-state index in [0.717, 1.165) is 24.4 Å². The summed E-state index contributed by atoms with van der Waals surface area (Å²) in [6.07, 6.45) is 0.974. The van der Waals surface area contributed by atoms with Gasteiger partial charge in [0.1, 0.15) is 6.04 Å². The zero-order valence-corrected chi connectivity index (χ0v) is 10.0. The lowest BCUT2D eigenvalue weighted by Gasteiger charge is -2.17. The smallest absolute Gasteiger partial charge is 0.242 e. The first kappa shape index (κ1) is 11.8. The molecule has 15 heavy (non-hydrogen) atoms. The van der Waals surface area contributed by atoms with E-state index in [2.05, 4.69) is 16.8 Å². The molecule has 1 aromatic heterocycles. The standard InChI is InChI=1S/C12H20N2O/c1-5-8-13-12(15)11(4)14-9(2)6-7-10(14)3/h6-7,11H,5,8H2,1-4H3,(H,13,15). The molecule has 0 aromatic carbocycles. The Morgan fingerprint density at radius 1 is 1.40 bits per heavy atom. The Labute approximate surface area is 91.5 Å². The molecule has 1 amide bonds. The highest BCUT2D eigenvalue weighted by molar-refractivity contribution is 5.80. The summed E-state index contributed by atoms with van der Waals surface area (Å²) in [6, 6.07) is 3.96. The Kier molecular flexibility index (Phi) is 3.95. The van der Waals surface area contributed by atoms with Gasteiger partial charge in [0.25, 0.3) is 0 Å². The second-order valence-corrected chi connectivity index (χ2v) is 3.95. The van der Waals surface area contributed by atoms with Crippen LogP contribution in [-0.4, -0.2) is 17.0 Å². The fraction of sp³-hybridized carbons (Fsp3) is 0.583. The number of nitrogens with one attached hydrogen (secondary N) is 1. The number of amides is 1. The molecule has 1 N–H and O–H groups in total. The van der Waals surface area contributed by atoms with Gasteiger partial charge >= 0.3 is 0 Å². The summed E-state index contributed by atoms with van der Waals surface area (Å²) in [5, 5.41) is 2.92. The Morgan fingerprint density at radius 2 is 1.93 bits per heavy atom. The summed E-state index contributed by atoms with van der Waals surface area (Å²) in [6.45, 7) is 8.79. The van der Waals surface area contributed by atoms with E-state index in [4.69, 9.17) is 0 Å². The van der Waals surface area contributed by atoms with Gasteiger partial charge in [0.15, 0.2) is 0 Å². The molecule has 1 atom stereocenters. The van der Waals surface area contributed by atoms with Crippen LogP contribution in [0.1, 0.15) is 37.7 Å². The highest BCUT2D eigenvalue weighted by atomic mass is 16.2. The zero-order chi connectivity index (χ0) is 11.4. The minimum atomic E-state index is -0.119. The predicted octanol–water partition coefficient (Wildman–Crippen LogP) is 2.19. The van der Waals surface area contributed by atoms with Crippen molar-refractivity contribution in [3.8, 4) is 0 Å². The van der Waals surface area contributed by atoms with Gasteiger partial charge in [-0.2, -0.15) is 0 Å². The lowest BCUT2D eigenvalue weighted by atomic mass is 10.2. The van der Waals surface area contributed by atoms with Crippen LogP contribution in [0.5, 0.6) is 0 Å². The first-order chi connectivity index (χ1) is 7.07. The summed E-state index contributed by atoms with van der Waals surface area (Å²) >= 11 is 0. The molecule has 0 spiro atoms. The highest BCUT2D eigenvalue weighted by Gasteiger charge is 2.16. The van der Waals surface area contributed by atoms with E-state index >= 15 is 0 Å². The topological polar surface area (TPSA) is 34.0 Å². The maximum atomic E-state index is 11.8. The molecule has 3 nitrogen and oxygen atoms in total. The number of carbonyl (C=O) groups is 1. The van der Waals surface area contributed by atoms with Crippen LogP contribution in [-0.2, 0) is 4.79 Å². The van der Waals surface area contributed by atoms with Crippen LogP contribution in [0.25, 0.3) is 0 Å². The van der Waals surface area contributed by atoms with Crippen LogP contribution >= 0.6 is 0 Å². The van der Waals surface area contributed by atoms with Gasteiger partial charge < -0.3 is 9.88 Å². The molecule has 0 aliphatic heterocycles. The van der Waals surface area contributed by atoms with Crippen molar-refractivity contribution in [2.24, 2.45) is 0 Å². The molecule has 1 rings (SSSR count). The first-order valence-electron chi connectivity index (χ1n) is 5.50. The fourth-order valence-corrected chi connectivity index (χ4v) is 1.80. The van der Waals surface area contributed by atoms with Crippen LogP contribution in [0, 0.1) is 13.8 Å². The molecule has 84 valence electrons. The third-order valence-electron chi connectivity index (χ3n) is 2.64. The molecule has 1 unspecified atom stereocenters. The van der Waals surface area contributed by atoms with E-state index in [1.165, 1.54) is 0 Å². The van der Waals surface area contributed by atoms with Gasteiger partial charge in [0, 0.05) is 17.9 Å². The van der Waals surface area contributed by atoms with Crippen LogP contribution < -0.4 is 5.32 Å². The molecule has 3 heteroatoms. The summed E-state index contributed by atoms with van der Waals surface area (Å²) in [5.41, 5.74) is 2.26. The SMILES string of the molecule is CCCNC(=O)C(C)n1c(C)ccc1C. The van der Waals surface area contributed by atoms with Gasteiger partial charge in [-0.15, -0.1) is 0 Å². The average Bonchev–Trinajstić information content (AvgIpc) is 2.54. The van der Waals surface area contributed by atoms with Crippen molar-refractivity contribution >= 4 is 5.91 Å². The van der Waals surface area contributed by atoms with Gasteiger partial charge in [0.2, 0.25) is 5.91 Å². The molecule has 0 fully saturated rings. The summed E-state index contributed by atoms with van der Waals surface area (Å²) in [7, 11) is 0. The molecule has 0 aliphatic rings. The molecule has 0 saturated heterocycles. The van der Waals surface area contributed by atoms with Crippen molar-refractivity contribution in [2.45, 2.75) is 40.2 Å². The Bertz CT molecular complexity index is 322. The van der Waals surface area contributed by atoms with Crippen molar-refractivity contribution < 1.29 is 4.79 Å². The second-order valence-electron chi connectivity index (χ2n) is 3.95. The zero-order valence-electron chi connectivity index (χ0n) is 10.0. The lowest BCUT2D eigenvalue weighted by Crippen LogP contribution is -2.32. The van der Waals surface area contributed by atoms with E-state index < -0.39 is 0 Å². The molecular weight excluding hydrogens is 188 g/mol. The molecule has 0 bridgehead atoms. The minimum absolute atomic E-state index is 0.0965. The van der Waals surface area contributed by atoms with Gasteiger partial charge in [-0.1, -0.05) is 6.92 Å². The van der Waals surface area contributed by atoms with Crippen molar-refractivity contribution in [1.29, 1.82) is 0 Å². The van der Waals surface area contributed by atoms with Gasteiger partial charge in [-0.25, -0.2) is 0 Å². The number of nitrogens with zero attached hydrogens (tertiary/aromatic N) is 1. The normalized spacial score (nSPS) is 12.5. The van der Waals surface area contributed by atoms with Crippen molar-refractivity contribution in [1.82, 2.24) is 9.88 Å². The average molecular weight is 208 g/mol. The molecule has 1 heterocycles. The van der Waals surface area contributed by atoms with Gasteiger partial charge in [-0.05, 0) is 39.3 Å². The van der Waals surface area contributed by atoms with E-state index in [1.807, 2.05) is 32.9 Å². The van der Waals surface area contributed by atoms with E-state index in [9.17, 15) is 4.79 Å². The Balaban J connectivity index is 2.75.